The van der Waals surface area contributed by atoms with Crippen molar-refractivity contribution in [2.75, 3.05) is 0 Å². The first kappa shape index (κ1) is 8.94. The molecule has 0 aliphatic rings. The molecule has 0 radical (unpaired) electrons. The molecule has 0 aromatic carbocycles. The Bertz CT molecular complexity index is 33.8. The van der Waals surface area contributed by atoms with E-state index < -0.39 is 6.16 Å². The maximum absolute atomic E-state index is 8.33. The van der Waals surface area contributed by atoms with Crippen molar-refractivity contribution in [3.63, 3.8) is 0 Å². The van der Waals surface area contributed by atoms with Gasteiger partial charge in [0, 0.05) is 0 Å². The van der Waals surface area contributed by atoms with Gasteiger partial charge in [0.15, 0.2) is 0 Å². The molecule has 0 saturated heterocycles. The van der Waals surface area contributed by atoms with Crippen molar-refractivity contribution >= 4 is 6.16 Å². The number of hydrogen-bond acceptors (Lipinski definition) is 3. The summed E-state index contributed by atoms with van der Waals surface area (Å²) in [4.78, 5) is 8.33. The van der Waals surface area contributed by atoms with E-state index in [9.17, 15) is 0 Å². The second kappa shape index (κ2) is 4.14. The van der Waals surface area contributed by atoms with E-state index in [0.29, 0.717) is 0 Å². The Hall–Kier alpha value is 0.140. The van der Waals surface area contributed by atoms with Gasteiger partial charge in [-0.2, -0.15) is 0 Å². The fourth-order valence-electron chi connectivity index (χ4n) is 0. The molecule has 3 nitrogen and oxygen atoms in total. The summed E-state index contributed by atoms with van der Waals surface area (Å²) in [6.45, 7) is 0. The van der Waals surface area contributed by atoms with Crippen LogP contribution in [-0.2, 0) is 25.8 Å². The van der Waals surface area contributed by atoms with Crippen LogP contribution < -0.4 is 10.2 Å². The molecule has 0 fully saturated rings. The minimum absolute atomic E-state index is 0. The number of hydrogen-bond donors (Lipinski definition) is 0. The van der Waals surface area contributed by atoms with Crippen LogP contribution in [-0.4, -0.2) is 6.16 Å². The summed E-state index contributed by atoms with van der Waals surface area (Å²) in [5, 5.41) is 16.7. The first-order chi connectivity index (χ1) is 1.73. The molecule has 4 heteroatoms. The third-order valence-corrected chi connectivity index (χ3v) is 0. The number of carboxylic acid groups (broad SMARTS) is 2. The predicted molar refractivity (Wildman–Crippen MR) is 6.51 cm³/mol. The van der Waals surface area contributed by atoms with Crippen LogP contribution in [0.25, 0.3) is 0 Å². The summed E-state index contributed by atoms with van der Waals surface area (Å²) in [6, 6.07) is 0. The van der Waals surface area contributed by atoms with E-state index in [1.54, 1.807) is 0 Å². The molecule has 0 rings (SSSR count). The molecule has 0 aliphatic heterocycles. The van der Waals surface area contributed by atoms with Crippen molar-refractivity contribution in [1.82, 2.24) is 0 Å². The van der Waals surface area contributed by atoms with Crippen molar-refractivity contribution in [2.24, 2.45) is 0 Å². The van der Waals surface area contributed by atoms with E-state index >= 15 is 0 Å². The third kappa shape index (κ3) is 966. The average Bonchev–Trinajstić information content (AvgIpc) is 0.811. The summed E-state index contributed by atoms with van der Waals surface area (Å²) in [7, 11) is 0. The molecule has 0 N–H and O–H groups in total. The van der Waals surface area contributed by atoms with Crippen molar-refractivity contribution < 1.29 is 42.3 Å². The van der Waals surface area contributed by atoms with Gasteiger partial charge in [-0.1, -0.05) is 0 Å². The monoisotopic (exact) mass is 106 g/mol. The zero-order valence-electron chi connectivity index (χ0n) is 3.30. The SMILES string of the molecule is O=C([O-])[O-].[H+].[Sc+3]. The normalized spacial score (nSPS) is 4.80. The third-order valence-electron chi connectivity index (χ3n) is 0. The van der Waals surface area contributed by atoms with Gasteiger partial charge in [0.1, 0.15) is 0 Å². The van der Waals surface area contributed by atoms with Crippen LogP contribution in [0.4, 0.5) is 4.79 Å². The summed E-state index contributed by atoms with van der Waals surface area (Å²) in [5.41, 5.74) is 0. The van der Waals surface area contributed by atoms with E-state index in [1.165, 1.54) is 0 Å². The molecule has 24 valence electrons. The summed E-state index contributed by atoms with van der Waals surface area (Å²) in [6.07, 6.45) is -2.33. The van der Waals surface area contributed by atoms with Gasteiger partial charge in [-0.05, 0) is 6.16 Å². The maximum Gasteiger partial charge on any atom is 3.00 e. The van der Waals surface area contributed by atoms with Crippen LogP contribution in [0.2, 0.25) is 0 Å². The van der Waals surface area contributed by atoms with E-state index in [4.69, 9.17) is 15.0 Å². The zero-order valence-corrected chi connectivity index (χ0v) is 4.11. The largest absolute Gasteiger partial charge is 3.00 e. The van der Waals surface area contributed by atoms with Gasteiger partial charge in [-0.25, -0.2) is 0 Å². The fraction of sp³-hybridized carbons (Fsp3) is 0. The molecule has 5 heavy (non-hydrogen) atoms. The van der Waals surface area contributed by atoms with Crippen molar-refractivity contribution in [2.45, 2.75) is 0 Å². The minimum Gasteiger partial charge on any atom is -0.652 e. The Balaban J connectivity index is -0.0000000450. The van der Waals surface area contributed by atoms with Crippen molar-refractivity contribution in [3.8, 4) is 0 Å². The Labute approximate surface area is 48.9 Å². The van der Waals surface area contributed by atoms with E-state index in [1.807, 2.05) is 0 Å². The Morgan fingerprint density at radius 1 is 1.60 bits per heavy atom. The quantitative estimate of drug-likeness (QED) is 0.347. The van der Waals surface area contributed by atoms with Gasteiger partial charge in [0.2, 0.25) is 0 Å². The molecule has 0 atom stereocenters. The van der Waals surface area contributed by atoms with Crippen LogP contribution in [0.5, 0.6) is 0 Å². The molecule has 0 spiro atoms. The zero-order chi connectivity index (χ0) is 3.58. The van der Waals surface area contributed by atoms with Crippen LogP contribution >= 0.6 is 0 Å². The Kier molecular flexibility index (Phi) is 7.40. The second-order valence-corrected chi connectivity index (χ2v) is 0.250. The molecule has 0 aromatic rings. The number of carbonyl (C=O) groups is 1. The van der Waals surface area contributed by atoms with Crippen molar-refractivity contribution in [1.29, 1.82) is 0 Å². The smallest absolute Gasteiger partial charge is 0.652 e. The van der Waals surface area contributed by atoms with Gasteiger partial charge in [0.25, 0.3) is 0 Å². The Morgan fingerprint density at radius 2 is 1.60 bits per heavy atom. The molecule has 0 unspecified atom stereocenters. The fourth-order valence-corrected chi connectivity index (χ4v) is 0. The van der Waals surface area contributed by atoms with Crippen LogP contribution in [0.1, 0.15) is 1.43 Å². The van der Waals surface area contributed by atoms with Crippen LogP contribution in [0.15, 0.2) is 0 Å². The number of carbonyl (C=O) groups excluding carboxylic acids is 1. The summed E-state index contributed by atoms with van der Waals surface area (Å²) >= 11 is 0. The van der Waals surface area contributed by atoms with E-state index in [0.717, 1.165) is 0 Å². The molecule has 0 heterocycles. The number of rotatable bonds is 0. The standard InChI is InChI=1S/CH2O3.Sc/c2-1(3)4;/h(H2,2,3,4);/q;+3/p-1. The van der Waals surface area contributed by atoms with Crippen LogP contribution in [0, 0.1) is 0 Å². The van der Waals surface area contributed by atoms with Gasteiger partial charge in [0.05, 0.1) is 0 Å². The van der Waals surface area contributed by atoms with Crippen LogP contribution in [0.3, 0.4) is 0 Å². The molecule has 0 saturated carbocycles. The van der Waals surface area contributed by atoms with Gasteiger partial charge < -0.3 is 15.0 Å². The maximum atomic E-state index is 8.33. The molecule has 0 aliphatic carbocycles. The average molecular weight is 106 g/mol. The van der Waals surface area contributed by atoms with Gasteiger partial charge in [-0.15, -0.1) is 0 Å². The predicted octanol–water partition coefficient (Wildman–Crippen LogP) is -2.34. The molecular formula is CHO3Sc+2. The first-order valence-electron chi connectivity index (χ1n) is 0.612. The molecule has 0 amide bonds. The summed E-state index contributed by atoms with van der Waals surface area (Å²) in [5.74, 6) is 0. The van der Waals surface area contributed by atoms with E-state index in [-0.39, 0.29) is 27.3 Å². The second-order valence-electron chi connectivity index (χ2n) is 0.250. The topological polar surface area (TPSA) is 63.2 Å². The molecule has 0 bridgehead atoms. The Morgan fingerprint density at radius 3 is 1.60 bits per heavy atom. The van der Waals surface area contributed by atoms with Gasteiger partial charge in [-0.3, -0.25) is 0 Å². The molecule has 0 aromatic heterocycles. The first-order valence-corrected chi connectivity index (χ1v) is 0.612. The van der Waals surface area contributed by atoms with Gasteiger partial charge >= 0.3 is 27.3 Å². The summed E-state index contributed by atoms with van der Waals surface area (Å²) < 4.78 is 0. The van der Waals surface area contributed by atoms with E-state index in [2.05, 4.69) is 0 Å². The minimum atomic E-state index is -2.33. The van der Waals surface area contributed by atoms with Crippen molar-refractivity contribution in [3.05, 3.63) is 0 Å². The molecular weight excluding hydrogens is 105 g/mol.